The topological polar surface area (TPSA) is 84.7 Å². The second kappa shape index (κ2) is 14.8. The van der Waals surface area contributed by atoms with Crippen molar-refractivity contribution in [1.29, 1.82) is 0 Å². The van der Waals surface area contributed by atoms with E-state index in [1.165, 1.54) is 11.8 Å². The number of rotatable bonds is 15. The van der Waals surface area contributed by atoms with E-state index in [0.717, 1.165) is 79.6 Å². The van der Waals surface area contributed by atoms with Crippen LogP contribution >= 0.6 is 24.0 Å². The fourth-order valence-corrected chi connectivity index (χ4v) is 5.94. The molecule has 1 N–H and O–H groups in total. The molecule has 0 aliphatic carbocycles. The van der Waals surface area contributed by atoms with Gasteiger partial charge in [-0.1, -0.05) is 92.8 Å². The molecule has 0 atom stereocenters. The van der Waals surface area contributed by atoms with E-state index in [0.29, 0.717) is 15.8 Å². The zero-order valence-corrected chi connectivity index (χ0v) is 24.4. The van der Waals surface area contributed by atoms with Gasteiger partial charge in [-0.3, -0.25) is 14.5 Å². The summed E-state index contributed by atoms with van der Waals surface area (Å²) >= 11 is 6.92. The first-order valence-electron chi connectivity index (χ1n) is 13.7. The molecule has 4 rings (SSSR count). The summed E-state index contributed by atoms with van der Waals surface area (Å²) in [7, 11) is 1.64. The number of para-hydroxylation sites is 1. The molecule has 0 unspecified atom stereocenters. The number of aromatic nitrogens is 2. The van der Waals surface area contributed by atoms with Crippen LogP contribution in [0.5, 0.6) is 5.75 Å². The zero-order valence-electron chi connectivity index (χ0n) is 22.8. The number of methoxy groups -OCH3 is 1. The second-order valence-corrected chi connectivity index (χ2v) is 11.4. The molecule has 1 fully saturated rings. The molecule has 3 aromatic rings. The number of amides is 1. The Morgan fingerprint density at radius 2 is 1.70 bits per heavy atom. The van der Waals surface area contributed by atoms with Gasteiger partial charge in [0.1, 0.15) is 15.8 Å². The number of carbonyl (C=O) groups excluding carboxylic acids is 1. The molecule has 2 aromatic carbocycles. The van der Waals surface area contributed by atoms with Crippen molar-refractivity contribution < 1.29 is 19.4 Å². The van der Waals surface area contributed by atoms with Gasteiger partial charge in [0.25, 0.3) is 5.91 Å². The largest absolute Gasteiger partial charge is 0.497 e. The van der Waals surface area contributed by atoms with Crippen molar-refractivity contribution >= 4 is 46.3 Å². The van der Waals surface area contributed by atoms with E-state index in [-0.39, 0.29) is 12.3 Å². The molecular formula is C31H35N3O4S2. The second-order valence-electron chi connectivity index (χ2n) is 9.75. The van der Waals surface area contributed by atoms with Crippen LogP contribution in [0.25, 0.3) is 23.0 Å². The van der Waals surface area contributed by atoms with Crippen LogP contribution in [0.4, 0.5) is 0 Å². The minimum absolute atomic E-state index is 0.0579. The van der Waals surface area contributed by atoms with E-state index in [2.05, 4.69) is 0 Å². The maximum atomic E-state index is 13.3. The normalized spacial score (nSPS) is 14.3. The van der Waals surface area contributed by atoms with Crippen molar-refractivity contribution in [2.24, 2.45) is 0 Å². The highest BCUT2D eigenvalue weighted by atomic mass is 32.2. The first-order valence-corrected chi connectivity index (χ1v) is 15.0. The highest BCUT2D eigenvalue weighted by Gasteiger charge is 2.32. The molecule has 0 radical (unpaired) electrons. The van der Waals surface area contributed by atoms with E-state index < -0.39 is 5.97 Å². The lowest BCUT2D eigenvalue weighted by Gasteiger charge is -2.14. The summed E-state index contributed by atoms with van der Waals surface area (Å²) in [6, 6.07) is 17.6. The van der Waals surface area contributed by atoms with Crippen LogP contribution in [-0.2, 0) is 9.59 Å². The fourth-order valence-electron chi connectivity index (χ4n) is 4.64. The minimum atomic E-state index is -0.718. The van der Waals surface area contributed by atoms with Gasteiger partial charge in [-0.2, -0.15) is 5.10 Å². The van der Waals surface area contributed by atoms with Crippen LogP contribution in [0.1, 0.15) is 63.4 Å². The van der Waals surface area contributed by atoms with Crippen molar-refractivity contribution in [2.45, 2.75) is 57.8 Å². The first kappa shape index (κ1) is 29.6. The molecule has 210 valence electrons. The Balaban J connectivity index is 1.39. The maximum absolute atomic E-state index is 13.3. The summed E-state index contributed by atoms with van der Waals surface area (Å²) in [5, 5.41) is 13.6. The van der Waals surface area contributed by atoms with E-state index >= 15 is 0 Å². The number of hydrogen-bond acceptors (Lipinski definition) is 6. The highest BCUT2D eigenvalue weighted by Crippen LogP contribution is 2.35. The highest BCUT2D eigenvalue weighted by molar-refractivity contribution is 8.26. The number of carbonyl (C=O) groups is 2. The van der Waals surface area contributed by atoms with Crippen LogP contribution in [0.15, 0.2) is 65.7 Å². The molecular weight excluding hydrogens is 542 g/mol. The van der Waals surface area contributed by atoms with Gasteiger partial charge in [0.2, 0.25) is 0 Å². The lowest BCUT2D eigenvalue weighted by molar-refractivity contribution is -0.137. The smallest absolute Gasteiger partial charge is 0.303 e. The molecule has 1 aromatic heterocycles. The molecule has 1 amide bonds. The monoisotopic (exact) mass is 577 g/mol. The molecule has 1 saturated heterocycles. The predicted molar refractivity (Wildman–Crippen MR) is 165 cm³/mol. The van der Waals surface area contributed by atoms with Crippen LogP contribution in [0, 0.1) is 0 Å². The van der Waals surface area contributed by atoms with Gasteiger partial charge in [0.05, 0.1) is 17.7 Å². The number of benzene rings is 2. The first-order chi connectivity index (χ1) is 19.5. The molecule has 9 heteroatoms. The van der Waals surface area contributed by atoms with Crippen LogP contribution in [-0.4, -0.2) is 49.6 Å². The van der Waals surface area contributed by atoms with Gasteiger partial charge in [-0.25, -0.2) is 4.68 Å². The Bertz CT molecular complexity index is 1350. The zero-order chi connectivity index (χ0) is 28.3. The van der Waals surface area contributed by atoms with E-state index in [1.807, 2.05) is 71.6 Å². The van der Waals surface area contributed by atoms with Gasteiger partial charge >= 0.3 is 5.97 Å². The fraction of sp³-hybridized carbons (Fsp3) is 0.355. The van der Waals surface area contributed by atoms with Crippen LogP contribution < -0.4 is 4.74 Å². The molecule has 0 spiro atoms. The Hall–Kier alpha value is -3.43. The van der Waals surface area contributed by atoms with E-state index in [4.69, 9.17) is 27.2 Å². The summed E-state index contributed by atoms with van der Waals surface area (Å²) in [6.07, 6.45) is 12.2. The Labute approximate surface area is 245 Å². The van der Waals surface area contributed by atoms with E-state index in [9.17, 15) is 9.59 Å². The number of nitrogens with zero attached hydrogens (tertiary/aromatic N) is 3. The maximum Gasteiger partial charge on any atom is 0.303 e. The van der Waals surface area contributed by atoms with Gasteiger partial charge in [0.15, 0.2) is 0 Å². The third-order valence-corrected chi connectivity index (χ3v) is 8.17. The van der Waals surface area contributed by atoms with Gasteiger partial charge in [-0.15, -0.1) is 0 Å². The summed E-state index contributed by atoms with van der Waals surface area (Å²) < 4.78 is 7.84. The molecule has 0 bridgehead atoms. The number of ether oxygens (including phenoxy) is 1. The number of carboxylic acids is 1. The number of unbranched alkanes of at least 4 members (excludes halogenated alkanes) is 7. The number of hydrogen-bond donors (Lipinski definition) is 1. The Kier molecular flexibility index (Phi) is 10.9. The summed E-state index contributed by atoms with van der Waals surface area (Å²) in [5.41, 5.74) is 3.42. The van der Waals surface area contributed by atoms with Crippen LogP contribution in [0.3, 0.4) is 0 Å². The van der Waals surface area contributed by atoms with Gasteiger partial charge < -0.3 is 9.84 Å². The molecule has 1 aliphatic rings. The summed E-state index contributed by atoms with van der Waals surface area (Å²) in [5.74, 6) is -0.0372. The molecule has 7 nitrogen and oxygen atoms in total. The summed E-state index contributed by atoms with van der Waals surface area (Å²) in [4.78, 5) is 26.2. The number of aliphatic carboxylic acids is 1. The average Bonchev–Trinajstić information content (AvgIpc) is 3.50. The number of thioether (sulfide) groups is 1. The minimum Gasteiger partial charge on any atom is -0.497 e. The Morgan fingerprint density at radius 1 is 1.00 bits per heavy atom. The van der Waals surface area contributed by atoms with Crippen LogP contribution in [0.2, 0.25) is 0 Å². The lowest BCUT2D eigenvalue weighted by atomic mass is 10.1. The lowest BCUT2D eigenvalue weighted by Crippen LogP contribution is -2.29. The van der Waals surface area contributed by atoms with E-state index in [1.54, 1.807) is 12.0 Å². The third-order valence-electron chi connectivity index (χ3n) is 6.79. The van der Waals surface area contributed by atoms with Gasteiger partial charge in [0, 0.05) is 30.3 Å². The van der Waals surface area contributed by atoms with Crippen molar-refractivity contribution in [1.82, 2.24) is 14.7 Å². The SMILES string of the molecule is COc1cccc(-c2nn(-c3ccccc3)cc2/C=C2\SC(=S)N(CCCCCCCCCCC(=O)O)C2=O)c1. The number of carboxylic acid groups (broad SMARTS) is 1. The molecule has 1 aliphatic heterocycles. The molecule has 40 heavy (non-hydrogen) atoms. The quantitative estimate of drug-likeness (QED) is 0.115. The third kappa shape index (κ3) is 8.05. The van der Waals surface area contributed by atoms with Crippen molar-refractivity contribution in [3.8, 4) is 22.7 Å². The summed E-state index contributed by atoms with van der Waals surface area (Å²) in [6.45, 7) is 0.618. The van der Waals surface area contributed by atoms with Crippen molar-refractivity contribution in [3.63, 3.8) is 0 Å². The predicted octanol–water partition coefficient (Wildman–Crippen LogP) is 7.34. The molecule has 0 saturated carbocycles. The standard InChI is InChI=1S/C31H35N3O4S2/c1-38-26-17-13-14-23(20-26)29-24(22-34(32-29)25-15-9-8-10-16-25)21-27-30(37)33(31(39)40-27)19-12-7-5-3-2-4-6-11-18-28(35)36/h8-10,13-17,20-22H,2-7,11-12,18-19H2,1H3,(H,35,36)/b27-21-. The van der Waals surface area contributed by atoms with Crippen molar-refractivity contribution in [3.05, 3.63) is 71.3 Å². The molecule has 2 heterocycles. The van der Waals surface area contributed by atoms with Gasteiger partial charge in [-0.05, 0) is 43.2 Å². The van der Waals surface area contributed by atoms with Crippen molar-refractivity contribution in [2.75, 3.05) is 13.7 Å². The Morgan fingerprint density at radius 3 is 2.40 bits per heavy atom. The number of thiocarbonyl (C=S) groups is 1. The average molecular weight is 578 g/mol.